The van der Waals surface area contributed by atoms with E-state index in [0.29, 0.717) is 6.54 Å². The van der Waals surface area contributed by atoms with Gasteiger partial charge >= 0.3 is 5.97 Å². The van der Waals surface area contributed by atoms with E-state index in [4.69, 9.17) is 10.2 Å². The molecule has 0 aliphatic carbocycles. The van der Waals surface area contributed by atoms with Gasteiger partial charge in [-0.05, 0) is 19.3 Å². The molecule has 0 aromatic carbocycles. The van der Waals surface area contributed by atoms with Gasteiger partial charge in [0.2, 0.25) is 5.91 Å². The summed E-state index contributed by atoms with van der Waals surface area (Å²) in [4.78, 5) is 21.0. The number of aliphatic hydroxyl groups is 1. The van der Waals surface area contributed by atoms with Gasteiger partial charge in [-0.3, -0.25) is 4.79 Å². The van der Waals surface area contributed by atoms with E-state index in [1.54, 1.807) is 0 Å². The number of aliphatic hydroxyl groups excluding tert-OH is 1. The highest BCUT2D eigenvalue weighted by Gasteiger charge is 2.02. The van der Waals surface area contributed by atoms with Crippen molar-refractivity contribution in [3.8, 4) is 0 Å². The highest BCUT2D eigenvalue weighted by molar-refractivity contribution is 5.77. The molecule has 0 unspecified atom stereocenters. The molecule has 0 aliphatic heterocycles. The molecule has 0 bridgehead atoms. The number of carbonyl (C=O) groups excluding carboxylic acids is 1. The first-order valence-electron chi connectivity index (χ1n) is 4.84. The molecular formula is C9H17NO5. The first kappa shape index (κ1) is 13.9. The van der Waals surface area contributed by atoms with Crippen LogP contribution in [0, 0.1) is 0 Å². The van der Waals surface area contributed by atoms with Gasteiger partial charge in [0.25, 0.3) is 0 Å². The fourth-order valence-electron chi connectivity index (χ4n) is 0.923. The van der Waals surface area contributed by atoms with Crippen LogP contribution >= 0.6 is 0 Å². The van der Waals surface area contributed by atoms with E-state index >= 15 is 0 Å². The third kappa shape index (κ3) is 10.8. The third-order valence-corrected chi connectivity index (χ3v) is 1.62. The van der Waals surface area contributed by atoms with Crippen LogP contribution < -0.4 is 5.32 Å². The Balaban J connectivity index is 3.22. The van der Waals surface area contributed by atoms with Gasteiger partial charge in [0, 0.05) is 13.2 Å². The van der Waals surface area contributed by atoms with E-state index in [0.717, 1.165) is 19.3 Å². The molecule has 1 amide bonds. The molecule has 0 aliphatic rings. The Hall–Kier alpha value is -1.14. The summed E-state index contributed by atoms with van der Waals surface area (Å²) in [6, 6.07) is 0. The molecule has 6 heteroatoms. The summed E-state index contributed by atoms with van der Waals surface area (Å²) in [5.74, 6) is -1.41. The molecule has 0 atom stereocenters. The van der Waals surface area contributed by atoms with Gasteiger partial charge in [-0.1, -0.05) is 0 Å². The Morgan fingerprint density at radius 3 is 2.47 bits per heavy atom. The van der Waals surface area contributed by atoms with Crippen molar-refractivity contribution in [2.45, 2.75) is 19.3 Å². The molecule has 0 heterocycles. The van der Waals surface area contributed by atoms with Crippen LogP contribution in [-0.2, 0) is 14.3 Å². The molecule has 0 rings (SSSR count). The van der Waals surface area contributed by atoms with Gasteiger partial charge in [-0.15, -0.1) is 0 Å². The number of hydrogen-bond acceptors (Lipinski definition) is 4. The zero-order valence-electron chi connectivity index (χ0n) is 8.57. The maximum absolute atomic E-state index is 11.0. The van der Waals surface area contributed by atoms with E-state index < -0.39 is 12.6 Å². The molecule has 0 radical (unpaired) electrons. The molecule has 0 fully saturated rings. The second-order valence-corrected chi connectivity index (χ2v) is 3.02. The SMILES string of the molecule is O=C(O)COCC(=O)NCCCCCO. The van der Waals surface area contributed by atoms with Crippen LogP contribution in [0.25, 0.3) is 0 Å². The van der Waals surface area contributed by atoms with Crippen molar-refractivity contribution in [1.82, 2.24) is 5.32 Å². The Morgan fingerprint density at radius 2 is 1.87 bits per heavy atom. The molecule has 0 spiro atoms. The van der Waals surface area contributed by atoms with E-state index in [1.165, 1.54) is 0 Å². The van der Waals surface area contributed by atoms with Gasteiger partial charge in [0.1, 0.15) is 13.2 Å². The molecule has 0 saturated heterocycles. The highest BCUT2D eigenvalue weighted by Crippen LogP contribution is 1.91. The second kappa shape index (κ2) is 9.42. The van der Waals surface area contributed by atoms with E-state index in [2.05, 4.69) is 10.1 Å². The van der Waals surface area contributed by atoms with Crippen molar-refractivity contribution >= 4 is 11.9 Å². The molecule has 15 heavy (non-hydrogen) atoms. The largest absolute Gasteiger partial charge is 0.480 e. The Morgan fingerprint density at radius 1 is 1.13 bits per heavy atom. The molecular weight excluding hydrogens is 202 g/mol. The summed E-state index contributed by atoms with van der Waals surface area (Å²) >= 11 is 0. The average Bonchev–Trinajstić information content (AvgIpc) is 2.17. The quantitative estimate of drug-likeness (QED) is 0.448. The van der Waals surface area contributed by atoms with Crippen molar-refractivity contribution in [1.29, 1.82) is 0 Å². The minimum absolute atomic E-state index is 0.162. The first-order valence-corrected chi connectivity index (χ1v) is 4.84. The number of hydrogen-bond donors (Lipinski definition) is 3. The third-order valence-electron chi connectivity index (χ3n) is 1.62. The predicted molar refractivity (Wildman–Crippen MR) is 52.4 cm³/mol. The summed E-state index contributed by atoms with van der Waals surface area (Å²) in [7, 11) is 0. The number of unbranched alkanes of at least 4 members (excludes halogenated alkanes) is 2. The number of aliphatic carboxylic acids is 1. The van der Waals surface area contributed by atoms with Gasteiger partial charge in [-0.2, -0.15) is 0 Å². The maximum atomic E-state index is 11.0. The smallest absolute Gasteiger partial charge is 0.329 e. The van der Waals surface area contributed by atoms with Crippen LogP contribution in [0.4, 0.5) is 0 Å². The van der Waals surface area contributed by atoms with Gasteiger partial charge in [0.05, 0.1) is 0 Å². The fraction of sp³-hybridized carbons (Fsp3) is 0.778. The number of amides is 1. The topological polar surface area (TPSA) is 95.9 Å². The number of rotatable bonds is 9. The monoisotopic (exact) mass is 219 g/mol. The van der Waals surface area contributed by atoms with E-state index in [1.807, 2.05) is 0 Å². The van der Waals surface area contributed by atoms with Gasteiger partial charge < -0.3 is 20.3 Å². The van der Waals surface area contributed by atoms with Crippen LogP contribution in [-0.4, -0.2) is 48.5 Å². The maximum Gasteiger partial charge on any atom is 0.329 e. The standard InChI is InChI=1S/C9H17NO5/c11-5-3-1-2-4-10-8(12)6-15-7-9(13)14/h11H,1-7H2,(H,10,12)(H,13,14). The molecule has 88 valence electrons. The zero-order chi connectivity index (χ0) is 11.5. The Bertz CT molecular complexity index is 195. The van der Waals surface area contributed by atoms with E-state index in [-0.39, 0.29) is 19.1 Å². The van der Waals surface area contributed by atoms with E-state index in [9.17, 15) is 9.59 Å². The summed E-state index contributed by atoms with van der Waals surface area (Å²) in [5.41, 5.74) is 0. The number of ether oxygens (including phenoxy) is 1. The molecule has 6 nitrogen and oxygen atoms in total. The number of carboxylic acids is 1. The Kier molecular flexibility index (Phi) is 8.70. The Labute approximate surface area is 88.2 Å². The lowest BCUT2D eigenvalue weighted by Gasteiger charge is -2.04. The van der Waals surface area contributed by atoms with Gasteiger partial charge in [0.15, 0.2) is 0 Å². The van der Waals surface area contributed by atoms with Crippen molar-refractivity contribution in [3.63, 3.8) is 0 Å². The highest BCUT2D eigenvalue weighted by atomic mass is 16.5. The summed E-state index contributed by atoms with van der Waals surface area (Å²) in [5, 5.41) is 19.3. The summed E-state index contributed by atoms with van der Waals surface area (Å²) < 4.78 is 4.58. The van der Waals surface area contributed by atoms with Gasteiger partial charge in [-0.25, -0.2) is 4.79 Å². The van der Waals surface area contributed by atoms with Crippen LogP contribution in [0.1, 0.15) is 19.3 Å². The summed E-state index contributed by atoms with van der Waals surface area (Å²) in [6.45, 7) is -0.00480. The first-order chi connectivity index (χ1) is 7.16. The summed E-state index contributed by atoms with van der Waals surface area (Å²) in [6.07, 6.45) is 2.38. The number of carbonyl (C=O) groups is 2. The minimum Gasteiger partial charge on any atom is -0.480 e. The lowest BCUT2D eigenvalue weighted by Crippen LogP contribution is -2.29. The normalized spacial score (nSPS) is 9.93. The zero-order valence-corrected chi connectivity index (χ0v) is 8.57. The van der Waals surface area contributed by atoms with Crippen molar-refractivity contribution in [2.24, 2.45) is 0 Å². The lowest BCUT2D eigenvalue weighted by molar-refractivity contribution is -0.143. The van der Waals surface area contributed by atoms with Crippen LogP contribution in [0.3, 0.4) is 0 Å². The molecule has 0 aromatic rings. The molecule has 0 aromatic heterocycles. The number of carboxylic acid groups (broad SMARTS) is 1. The minimum atomic E-state index is -1.09. The molecule has 3 N–H and O–H groups in total. The van der Waals surface area contributed by atoms with Crippen LogP contribution in [0.2, 0.25) is 0 Å². The van der Waals surface area contributed by atoms with Crippen molar-refractivity contribution in [2.75, 3.05) is 26.4 Å². The second-order valence-electron chi connectivity index (χ2n) is 3.02. The van der Waals surface area contributed by atoms with Crippen LogP contribution in [0.15, 0.2) is 0 Å². The predicted octanol–water partition coefficient (Wildman–Crippen LogP) is -0.634. The fourth-order valence-corrected chi connectivity index (χ4v) is 0.923. The van der Waals surface area contributed by atoms with Crippen molar-refractivity contribution < 1.29 is 24.5 Å². The number of nitrogens with one attached hydrogen (secondary N) is 1. The van der Waals surface area contributed by atoms with Crippen molar-refractivity contribution in [3.05, 3.63) is 0 Å². The lowest BCUT2D eigenvalue weighted by atomic mass is 10.2. The average molecular weight is 219 g/mol. The van der Waals surface area contributed by atoms with Crippen LogP contribution in [0.5, 0.6) is 0 Å². The molecule has 0 saturated carbocycles.